The second-order valence-electron chi connectivity index (χ2n) is 6.54. The van der Waals surface area contributed by atoms with Gasteiger partial charge in [0.25, 0.3) is 0 Å². The van der Waals surface area contributed by atoms with Crippen LogP contribution in [0.25, 0.3) is 0 Å². The number of nitrogens with one attached hydrogen (secondary N) is 1. The van der Waals surface area contributed by atoms with E-state index in [1.165, 1.54) is 10.5 Å². The third-order valence-electron chi connectivity index (χ3n) is 4.66. The first-order valence-corrected chi connectivity index (χ1v) is 10.1. The molecular weight excluding hydrogens is 334 g/mol. The van der Waals surface area contributed by atoms with Crippen LogP contribution in [0.15, 0.2) is 34.2 Å². The lowest BCUT2D eigenvalue weighted by molar-refractivity contribution is -0.0816. The third-order valence-corrected chi connectivity index (χ3v) is 5.67. The van der Waals surface area contributed by atoms with E-state index in [0.29, 0.717) is 0 Å². The first-order chi connectivity index (χ1) is 12.3. The molecule has 25 heavy (non-hydrogen) atoms. The number of hydrogen-bond acceptors (Lipinski definition) is 4. The summed E-state index contributed by atoms with van der Waals surface area (Å²) in [4.78, 5) is 8.06. The summed E-state index contributed by atoms with van der Waals surface area (Å²) in [5.74, 6) is 1.98. The van der Waals surface area contributed by atoms with Crippen molar-refractivity contribution < 1.29 is 9.47 Å². The van der Waals surface area contributed by atoms with E-state index in [1.54, 1.807) is 0 Å². The number of guanidine groups is 1. The van der Waals surface area contributed by atoms with E-state index in [-0.39, 0.29) is 12.2 Å². The summed E-state index contributed by atoms with van der Waals surface area (Å²) < 4.78 is 11.7. The van der Waals surface area contributed by atoms with Gasteiger partial charge in [0.15, 0.2) is 5.96 Å². The van der Waals surface area contributed by atoms with Gasteiger partial charge >= 0.3 is 0 Å². The van der Waals surface area contributed by atoms with Crippen molar-refractivity contribution in [2.24, 2.45) is 4.99 Å². The Morgan fingerprint density at radius 3 is 2.76 bits per heavy atom. The van der Waals surface area contributed by atoms with Gasteiger partial charge in [0.05, 0.1) is 12.7 Å². The molecule has 1 N–H and O–H groups in total. The summed E-state index contributed by atoms with van der Waals surface area (Å²) in [5.41, 5.74) is 1.30. The second-order valence-corrected chi connectivity index (χ2v) is 7.71. The smallest absolute Gasteiger partial charge is 0.193 e. The van der Waals surface area contributed by atoms with Gasteiger partial charge in [-0.15, -0.1) is 11.8 Å². The number of ether oxygens (including phenoxy) is 2. The van der Waals surface area contributed by atoms with Gasteiger partial charge in [-0.1, -0.05) is 17.7 Å². The molecular formula is C19H29N3O2S. The van der Waals surface area contributed by atoms with E-state index < -0.39 is 0 Å². The minimum Gasteiger partial charge on any atom is -0.375 e. The van der Waals surface area contributed by atoms with Crippen LogP contribution in [0.5, 0.6) is 0 Å². The van der Waals surface area contributed by atoms with Crippen LogP contribution >= 0.6 is 11.8 Å². The standard InChI is InChI=1S/C19H29N3O2S/c1-15-5-7-16(8-6-15)25-13-9-21-19(20-2)22-10-12-24-18(14-22)17-4-3-11-23-17/h5-8,17-18H,3-4,9-14H2,1-2H3,(H,20,21). The Morgan fingerprint density at radius 1 is 1.24 bits per heavy atom. The van der Waals surface area contributed by atoms with Crippen molar-refractivity contribution in [3.05, 3.63) is 29.8 Å². The Kier molecular flexibility index (Phi) is 7.02. The zero-order valence-corrected chi connectivity index (χ0v) is 16.1. The molecule has 2 saturated heterocycles. The molecule has 0 amide bonds. The first-order valence-electron chi connectivity index (χ1n) is 9.14. The number of aryl methyl sites for hydroxylation is 1. The molecule has 0 radical (unpaired) electrons. The van der Waals surface area contributed by atoms with Crippen LogP contribution in [0.1, 0.15) is 18.4 Å². The molecule has 2 atom stereocenters. The maximum absolute atomic E-state index is 5.93. The van der Waals surface area contributed by atoms with E-state index in [0.717, 1.165) is 57.4 Å². The summed E-state index contributed by atoms with van der Waals surface area (Å²) in [7, 11) is 1.85. The van der Waals surface area contributed by atoms with Crippen LogP contribution in [-0.2, 0) is 9.47 Å². The van der Waals surface area contributed by atoms with Gasteiger partial charge < -0.3 is 19.7 Å². The average Bonchev–Trinajstić information content (AvgIpc) is 3.18. The van der Waals surface area contributed by atoms with E-state index in [1.807, 2.05) is 18.8 Å². The van der Waals surface area contributed by atoms with Gasteiger partial charge in [-0.3, -0.25) is 4.99 Å². The molecule has 0 spiro atoms. The summed E-state index contributed by atoms with van der Waals surface area (Å²) >= 11 is 1.87. The largest absolute Gasteiger partial charge is 0.375 e. The molecule has 2 aliphatic heterocycles. The second kappa shape index (κ2) is 9.46. The van der Waals surface area contributed by atoms with Gasteiger partial charge in [0, 0.05) is 43.9 Å². The van der Waals surface area contributed by atoms with Crippen LogP contribution in [0.4, 0.5) is 0 Å². The topological polar surface area (TPSA) is 46.1 Å². The number of nitrogens with zero attached hydrogens (tertiary/aromatic N) is 2. The zero-order chi connectivity index (χ0) is 17.5. The molecule has 0 aromatic heterocycles. The molecule has 0 bridgehead atoms. The van der Waals surface area contributed by atoms with Crippen LogP contribution in [0.3, 0.4) is 0 Å². The molecule has 1 aromatic carbocycles. The molecule has 2 aliphatic rings. The molecule has 1 aromatic rings. The SMILES string of the molecule is CN=C(NCCSc1ccc(C)cc1)N1CCOC(C2CCCO2)C1. The van der Waals surface area contributed by atoms with Crippen LogP contribution < -0.4 is 5.32 Å². The van der Waals surface area contributed by atoms with Gasteiger partial charge in [0.1, 0.15) is 6.10 Å². The van der Waals surface area contributed by atoms with E-state index in [9.17, 15) is 0 Å². The fraction of sp³-hybridized carbons (Fsp3) is 0.632. The molecule has 5 nitrogen and oxygen atoms in total. The Labute approximate surface area is 155 Å². The van der Waals surface area contributed by atoms with Gasteiger partial charge in [0.2, 0.25) is 0 Å². The molecule has 2 unspecified atom stereocenters. The Morgan fingerprint density at radius 2 is 2.04 bits per heavy atom. The molecule has 6 heteroatoms. The van der Waals surface area contributed by atoms with Crippen molar-refractivity contribution in [3.8, 4) is 0 Å². The monoisotopic (exact) mass is 363 g/mol. The molecule has 0 saturated carbocycles. The molecule has 138 valence electrons. The van der Waals surface area contributed by atoms with Gasteiger partial charge in [-0.25, -0.2) is 0 Å². The van der Waals surface area contributed by atoms with Crippen molar-refractivity contribution >= 4 is 17.7 Å². The van der Waals surface area contributed by atoms with E-state index >= 15 is 0 Å². The fourth-order valence-corrected chi connectivity index (χ4v) is 4.06. The predicted molar refractivity (Wildman–Crippen MR) is 104 cm³/mol. The van der Waals surface area contributed by atoms with Crippen molar-refractivity contribution in [1.29, 1.82) is 0 Å². The number of benzene rings is 1. The fourth-order valence-electron chi connectivity index (χ4n) is 3.29. The minimum atomic E-state index is 0.164. The molecule has 3 rings (SSSR count). The highest BCUT2D eigenvalue weighted by molar-refractivity contribution is 7.99. The quantitative estimate of drug-likeness (QED) is 0.377. The number of aliphatic imine (C=N–C) groups is 1. The number of hydrogen-bond donors (Lipinski definition) is 1. The lowest BCUT2D eigenvalue weighted by atomic mass is 10.1. The van der Waals surface area contributed by atoms with E-state index in [2.05, 4.69) is 46.4 Å². The van der Waals surface area contributed by atoms with Crippen molar-refractivity contribution in [2.75, 3.05) is 45.6 Å². The normalized spacial score (nSPS) is 24.6. The van der Waals surface area contributed by atoms with Crippen molar-refractivity contribution in [1.82, 2.24) is 10.2 Å². The lowest BCUT2D eigenvalue weighted by Gasteiger charge is -2.37. The summed E-state index contributed by atoms with van der Waals surface area (Å²) in [5, 5.41) is 3.49. The number of morpholine rings is 1. The molecule has 2 heterocycles. The summed E-state index contributed by atoms with van der Waals surface area (Å²) in [6, 6.07) is 8.69. The predicted octanol–water partition coefficient (Wildman–Crippen LogP) is 2.54. The van der Waals surface area contributed by atoms with E-state index in [4.69, 9.17) is 9.47 Å². The highest BCUT2D eigenvalue weighted by atomic mass is 32.2. The Bertz CT molecular complexity index is 558. The highest BCUT2D eigenvalue weighted by Crippen LogP contribution is 2.21. The summed E-state index contributed by atoms with van der Waals surface area (Å²) in [6.07, 6.45) is 2.67. The summed E-state index contributed by atoms with van der Waals surface area (Å²) in [6.45, 7) is 6.36. The molecule has 2 fully saturated rings. The number of thioether (sulfide) groups is 1. The van der Waals surface area contributed by atoms with Crippen LogP contribution in [0.2, 0.25) is 0 Å². The van der Waals surface area contributed by atoms with Crippen molar-refractivity contribution in [3.63, 3.8) is 0 Å². The minimum absolute atomic E-state index is 0.164. The van der Waals surface area contributed by atoms with Gasteiger partial charge in [-0.2, -0.15) is 0 Å². The van der Waals surface area contributed by atoms with Gasteiger partial charge in [-0.05, 0) is 31.9 Å². The zero-order valence-electron chi connectivity index (χ0n) is 15.2. The maximum atomic E-state index is 5.93. The Hall–Kier alpha value is -1.24. The first kappa shape index (κ1) is 18.5. The maximum Gasteiger partial charge on any atom is 0.193 e. The third kappa shape index (κ3) is 5.36. The van der Waals surface area contributed by atoms with Crippen LogP contribution in [-0.4, -0.2) is 68.7 Å². The highest BCUT2D eigenvalue weighted by Gasteiger charge is 2.32. The van der Waals surface area contributed by atoms with Crippen LogP contribution in [0, 0.1) is 6.92 Å². The molecule has 0 aliphatic carbocycles. The Balaban J connectivity index is 1.43. The van der Waals surface area contributed by atoms with Crippen molar-refractivity contribution in [2.45, 2.75) is 36.9 Å². The average molecular weight is 364 g/mol. The number of rotatable bonds is 5. The lowest BCUT2D eigenvalue weighted by Crippen LogP contribution is -2.53.